The first kappa shape index (κ1) is 9.99. The van der Waals surface area contributed by atoms with Gasteiger partial charge in [0.2, 0.25) is 0 Å². The zero-order chi connectivity index (χ0) is 8.85. The van der Waals surface area contributed by atoms with Crippen molar-refractivity contribution in [3.63, 3.8) is 0 Å². The van der Waals surface area contributed by atoms with E-state index in [9.17, 15) is 4.79 Å². The summed E-state index contributed by atoms with van der Waals surface area (Å²) >= 11 is 0. The molecule has 0 radical (unpaired) electrons. The topological polar surface area (TPSA) is 46.5 Å². The van der Waals surface area contributed by atoms with Crippen LogP contribution in [0.25, 0.3) is 0 Å². The number of hydrogen-bond donors (Lipinski definition) is 1. The second-order valence-electron chi connectivity index (χ2n) is 2.22. The summed E-state index contributed by atoms with van der Waals surface area (Å²) in [4.78, 5) is 10.3. The zero-order valence-corrected chi connectivity index (χ0v) is 6.92. The van der Waals surface area contributed by atoms with E-state index in [1.54, 1.807) is 13.8 Å². The Labute approximate surface area is 66.4 Å². The van der Waals surface area contributed by atoms with Crippen molar-refractivity contribution in [1.82, 2.24) is 0 Å². The Hall–Kier alpha value is -1.01. The molecule has 0 aliphatic rings. The van der Waals surface area contributed by atoms with Crippen molar-refractivity contribution in [2.45, 2.75) is 33.0 Å². The first-order chi connectivity index (χ1) is 5.02. The number of carbonyl (C=O) groups excluding carboxylic acids is 1. The Balaban J connectivity index is 3.79. The maximum Gasteiger partial charge on any atom is 0.303 e. The lowest BCUT2D eigenvalue weighted by Crippen LogP contribution is -2.10. The third-order valence-electron chi connectivity index (χ3n) is 0.838. The molecule has 0 aliphatic heterocycles. The summed E-state index contributed by atoms with van der Waals surface area (Å²) in [5, 5.41) is 8.72. The number of rotatable bonds is 1. The predicted molar refractivity (Wildman–Crippen MR) is 40.7 cm³/mol. The van der Waals surface area contributed by atoms with E-state index < -0.39 is 12.2 Å². The molecule has 0 aromatic rings. The molecule has 2 unspecified atom stereocenters. The number of carbonyl (C=O) groups is 1. The van der Waals surface area contributed by atoms with E-state index in [0.717, 1.165) is 0 Å². The first-order valence-electron chi connectivity index (χ1n) is 3.38. The van der Waals surface area contributed by atoms with Crippen molar-refractivity contribution in [2.75, 3.05) is 0 Å². The molecule has 3 heteroatoms. The van der Waals surface area contributed by atoms with Crippen LogP contribution in [0.15, 0.2) is 0 Å². The van der Waals surface area contributed by atoms with Crippen molar-refractivity contribution in [3.8, 4) is 11.8 Å². The van der Waals surface area contributed by atoms with E-state index in [0.29, 0.717) is 0 Å². The maximum absolute atomic E-state index is 10.3. The quantitative estimate of drug-likeness (QED) is 0.439. The van der Waals surface area contributed by atoms with Gasteiger partial charge in [-0.05, 0) is 13.8 Å². The Morgan fingerprint density at radius 1 is 1.45 bits per heavy atom. The molecule has 0 spiro atoms. The average molecular weight is 156 g/mol. The smallest absolute Gasteiger partial charge is 0.303 e. The summed E-state index contributed by atoms with van der Waals surface area (Å²) < 4.78 is 4.68. The molecule has 1 N–H and O–H groups in total. The SMILES string of the molecule is CC(=O)OC(C)C#CC(C)O. The first-order valence-corrected chi connectivity index (χ1v) is 3.38. The standard InChI is InChI=1S/C8H12O3/c1-6(9)4-5-7(2)11-8(3)10/h6-7,9H,1-3H3. The van der Waals surface area contributed by atoms with Crippen LogP contribution in [0.5, 0.6) is 0 Å². The van der Waals surface area contributed by atoms with Gasteiger partial charge in [0.05, 0.1) is 0 Å². The van der Waals surface area contributed by atoms with E-state index in [1.165, 1.54) is 6.92 Å². The molecular formula is C8H12O3. The van der Waals surface area contributed by atoms with Crippen molar-refractivity contribution in [1.29, 1.82) is 0 Å². The monoisotopic (exact) mass is 156 g/mol. The largest absolute Gasteiger partial charge is 0.450 e. The van der Waals surface area contributed by atoms with E-state index in [1.807, 2.05) is 0 Å². The molecule has 0 aromatic carbocycles. The van der Waals surface area contributed by atoms with Gasteiger partial charge in [0, 0.05) is 6.92 Å². The lowest BCUT2D eigenvalue weighted by Gasteiger charge is -2.02. The van der Waals surface area contributed by atoms with Gasteiger partial charge in [-0.25, -0.2) is 0 Å². The third kappa shape index (κ3) is 6.88. The Morgan fingerprint density at radius 2 is 2.00 bits per heavy atom. The Bertz CT molecular complexity index is 185. The minimum absolute atomic E-state index is 0.364. The summed E-state index contributed by atoms with van der Waals surface area (Å²) in [6.07, 6.45) is -1.12. The van der Waals surface area contributed by atoms with Gasteiger partial charge in [0.15, 0.2) is 6.10 Å². The van der Waals surface area contributed by atoms with Gasteiger partial charge in [0.1, 0.15) is 6.10 Å². The van der Waals surface area contributed by atoms with Crippen molar-refractivity contribution >= 4 is 5.97 Å². The molecule has 0 amide bonds. The van der Waals surface area contributed by atoms with Crippen LogP contribution in [0.1, 0.15) is 20.8 Å². The van der Waals surface area contributed by atoms with Crippen LogP contribution in [0.4, 0.5) is 0 Å². The van der Waals surface area contributed by atoms with Gasteiger partial charge >= 0.3 is 5.97 Å². The number of ether oxygens (including phenoxy) is 1. The van der Waals surface area contributed by atoms with Crippen molar-refractivity contribution < 1.29 is 14.6 Å². The van der Waals surface area contributed by atoms with E-state index in [2.05, 4.69) is 16.6 Å². The van der Waals surface area contributed by atoms with E-state index >= 15 is 0 Å². The van der Waals surface area contributed by atoms with Crippen LogP contribution in [-0.4, -0.2) is 23.3 Å². The van der Waals surface area contributed by atoms with Crippen LogP contribution < -0.4 is 0 Å². The van der Waals surface area contributed by atoms with Crippen LogP contribution in [0.2, 0.25) is 0 Å². The van der Waals surface area contributed by atoms with Crippen LogP contribution in [0.3, 0.4) is 0 Å². The van der Waals surface area contributed by atoms with Gasteiger partial charge in [-0.2, -0.15) is 0 Å². The maximum atomic E-state index is 10.3. The lowest BCUT2D eigenvalue weighted by molar-refractivity contribution is -0.143. The molecular weight excluding hydrogens is 144 g/mol. The molecule has 3 nitrogen and oxygen atoms in total. The predicted octanol–water partition coefficient (Wildman–Crippen LogP) is 0.322. The molecule has 0 heterocycles. The van der Waals surface area contributed by atoms with Crippen LogP contribution in [-0.2, 0) is 9.53 Å². The molecule has 0 aromatic heterocycles. The molecule has 11 heavy (non-hydrogen) atoms. The number of aliphatic hydroxyl groups excluding tert-OH is 1. The molecule has 2 atom stereocenters. The summed E-state index contributed by atoms with van der Waals surface area (Å²) in [5.74, 6) is 4.69. The highest BCUT2D eigenvalue weighted by molar-refractivity contribution is 5.66. The highest BCUT2D eigenvalue weighted by Gasteiger charge is 1.99. The molecule has 0 saturated carbocycles. The van der Waals surface area contributed by atoms with E-state index in [4.69, 9.17) is 5.11 Å². The number of hydrogen-bond acceptors (Lipinski definition) is 3. The fourth-order valence-corrected chi connectivity index (χ4v) is 0.516. The molecule has 62 valence electrons. The Morgan fingerprint density at radius 3 is 2.36 bits per heavy atom. The fraction of sp³-hybridized carbons (Fsp3) is 0.625. The van der Waals surface area contributed by atoms with Gasteiger partial charge in [0.25, 0.3) is 0 Å². The van der Waals surface area contributed by atoms with Gasteiger partial charge < -0.3 is 9.84 Å². The molecule has 0 rings (SSSR count). The summed E-state index contributed by atoms with van der Waals surface area (Å²) in [6.45, 7) is 4.52. The zero-order valence-electron chi connectivity index (χ0n) is 6.92. The van der Waals surface area contributed by atoms with Gasteiger partial charge in [-0.15, -0.1) is 0 Å². The summed E-state index contributed by atoms with van der Waals surface area (Å²) in [7, 11) is 0. The summed E-state index contributed by atoms with van der Waals surface area (Å²) in [6, 6.07) is 0. The van der Waals surface area contributed by atoms with Crippen molar-refractivity contribution in [2.24, 2.45) is 0 Å². The minimum atomic E-state index is -0.673. The van der Waals surface area contributed by atoms with Gasteiger partial charge in [-0.3, -0.25) is 4.79 Å². The third-order valence-corrected chi connectivity index (χ3v) is 0.838. The second kappa shape index (κ2) is 4.75. The summed E-state index contributed by atoms with van der Waals surface area (Å²) in [5.41, 5.74) is 0. The van der Waals surface area contributed by atoms with Gasteiger partial charge in [-0.1, -0.05) is 11.8 Å². The van der Waals surface area contributed by atoms with Crippen LogP contribution in [0, 0.1) is 11.8 Å². The second-order valence-corrected chi connectivity index (χ2v) is 2.22. The molecule has 0 aliphatic carbocycles. The average Bonchev–Trinajstić information content (AvgIpc) is 1.82. The molecule has 0 bridgehead atoms. The molecule has 0 fully saturated rings. The Kier molecular flexibility index (Phi) is 4.32. The lowest BCUT2D eigenvalue weighted by atomic mass is 10.3. The molecule has 0 saturated heterocycles. The minimum Gasteiger partial charge on any atom is -0.450 e. The van der Waals surface area contributed by atoms with Crippen molar-refractivity contribution in [3.05, 3.63) is 0 Å². The highest BCUT2D eigenvalue weighted by atomic mass is 16.5. The normalized spacial score (nSPS) is 14.2. The number of aliphatic hydroxyl groups is 1. The number of esters is 1. The fourth-order valence-electron chi connectivity index (χ4n) is 0.516. The highest BCUT2D eigenvalue weighted by Crippen LogP contribution is 1.88. The van der Waals surface area contributed by atoms with E-state index in [-0.39, 0.29) is 5.97 Å². The van der Waals surface area contributed by atoms with Crippen LogP contribution >= 0.6 is 0 Å².